The minimum atomic E-state index is -3.60. The zero-order chi connectivity index (χ0) is 43.9. The van der Waals surface area contributed by atoms with Gasteiger partial charge in [-0.2, -0.15) is 13.8 Å². The number of amides is 4. The first-order valence-corrected chi connectivity index (χ1v) is 21.8. The smallest absolute Gasteiger partial charge is 0.342 e. The number of ether oxygens (including phenoxy) is 1. The molecule has 62 heavy (non-hydrogen) atoms. The Morgan fingerprint density at radius 1 is 0.984 bits per heavy atom. The van der Waals surface area contributed by atoms with Gasteiger partial charge in [-0.15, -0.1) is 0 Å². The number of methoxy groups -OCH3 is 1. The third kappa shape index (κ3) is 8.90. The number of imide groups is 1. The summed E-state index contributed by atoms with van der Waals surface area (Å²) in [6.07, 6.45) is 8.49. The molecule has 0 radical (unpaired) electrons. The SMILES string of the molecule is COc1cc(C(=O)NCC2CC3(CCN(CC4CCN(c5ccc(C6CCC(=O)NC6=O)cc5F)CC4)CC3)C2)ccc1Nc1ncc2c(n1)N(C(C)C)CC(F)(F)C(=O)N2C. The Kier molecular flexibility index (Phi) is 12.1. The fourth-order valence-electron chi connectivity index (χ4n) is 10.1. The van der Waals surface area contributed by atoms with Crippen LogP contribution >= 0.6 is 0 Å². The molecule has 1 unspecified atom stereocenters. The van der Waals surface area contributed by atoms with E-state index in [0.717, 1.165) is 76.1 Å². The quantitative estimate of drug-likeness (QED) is 0.199. The fraction of sp³-hybridized carbons (Fsp3) is 0.556. The van der Waals surface area contributed by atoms with Crippen LogP contribution in [0.4, 0.5) is 42.0 Å². The molecule has 1 spiro atoms. The van der Waals surface area contributed by atoms with Gasteiger partial charge in [0.25, 0.3) is 11.8 Å². The topological polar surface area (TPSA) is 152 Å². The number of rotatable bonds is 11. The van der Waals surface area contributed by atoms with Crippen molar-refractivity contribution in [2.24, 2.45) is 17.3 Å². The highest BCUT2D eigenvalue weighted by Crippen LogP contribution is 2.52. The molecular weight excluding hydrogens is 804 g/mol. The lowest BCUT2D eigenvalue weighted by Gasteiger charge is -2.53. The number of nitrogens with one attached hydrogen (secondary N) is 3. The second-order valence-electron chi connectivity index (χ2n) is 18.2. The van der Waals surface area contributed by atoms with Gasteiger partial charge in [-0.05, 0) is 125 Å². The zero-order valence-electron chi connectivity index (χ0n) is 35.8. The molecule has 1 atom stereocenters. The summed E-state index contributed by atoms with van der Waals surface area (Å²) in [6, 6.07) is 9.69. The van der Waals surface area contributed by atoms with Crippen LogP contribution in [0.2, 0.25) is 0 Å². The van der Waals surface area contributed by atoms with Crippen molar-refractivity contribution in [3.05, 3.63) is 59.5 Å². The lowest BCUT2D eigenvalue weighted by Crippen LogP contribution is -2.50. The maximum atomic E-state index is 15.3. The number of carbonyl (C=O) groups excluding carboxylic acids is 4. The van der Waals surface area contributed by atoms with Crippen LogP contribution in [0.15, 0.2) is 42.6 Å². The summed E-state index contributed by atoms with van der Waals surface area (Å²) in [5.74, 6) is -4.90. The van der Waals surface area contributed by atoms with E-state index in [1.54, 1.807) is 38.1 Å². The van der Waals surface area contributed by atoms with Gasteiger partial charge in [0.05, 0.1) is 37.1 Å². The van der Waals surface area contributed by atoms with Crippen LogP contribution in [-0.4, -0.2) is 110 Å². The van der Waals surface area contributed by atoms with E-state index >= 15 is 4.39 Å². The molecule has 2 aromatic carbocycles. The highest BCUT2D eigenvalue weighted by molar-refractivity contribution is 6.02. The molecule has 4 amide bonds. The largest absolute Gasteiger partial charge is 0.495 e. The molecule has 3 saturated heterocycles. The summed E-state index contributed by atoms with van der Waals surface area (Å²) in [6.45, 7) is 8.04. The first kappa shape index (κ1) is 43.2. The lowest BCUT2D eigenvalue weighted by atomic mass is 9.57. The molecule has 1 saturated carbocycles. The van der Waals surface area contributed by atoms with Crippen molar-refractivity contribution in [2.75, 3.05) is 80.0 Å². The molecule has 8 rings (SSSR count). The molecule has 3 N–H and O–H groups in total. The number of benzene rings is 2. The van der Waals surface area contributed by atoms with Gasteiger partial charge < -0.3 is 35.0 Å². The Morgan fingerprint density at radius 2 is 1.73 bits per heavy atom. The molecule has 3 aromatic rings. The van der Waals surface area contributed by atoms with Gasteiger partial charge in [-0.25, -0.2) is 9.37 Å². The van der Waals surface area contributed by atoms with Crippen LogP contribution in [0.25, 0.3) is 0 Å². The van der Waals surface area contributed by atoms with E-state index in [0.29, 0.717) is 58.5 Å². The number of likely N-dealkylation sites (tertiary alicyclic amines) is 1. The molecule has 1 aliphatic carbocycles. The maximum absolute atomic E-state index is 15.3. The summed E-state index contributed by atoms with van der Waals surface area (Å²) in [7, 11) is 2.77. The molecule has 4 fully saturated rings. The number of aromatic nitrogens is 2. The second kappa shape index (κ2) is 17.4. The number of halogens is 3. The van der Waals surface area contributed by atoms with Crippen molar-refractivity contribution < 1.29 is 37.1 Å². The molecule has 14 nitrogen and oxygen atoms in total. The van der Waals surface area contributed by atoms with Gasteiger partial charge >= 0.3 is 5.92 Å². The van der Waals surface area contributed by atoms with Gasteiger partial charge in [0.1, 0.15) is 17.3 Å². The van der Waals surface area contributed by atoms with Crippen LogP contribution in [0, 0.1) is 23.1 Å². The molecule has 17 heteroatoms. The average molecular weight is 860 g/mol. The van der Waals surface area contributed by atoms with E-state index in [1.165, 1.54) is 31.3 Å². The molecule has 1 aromatic heterocycles. The van der Waals surface area contributed by atoms with Crippen molar-refractivity contribution in [3.63, 3.8) is 0 Å². The Morgan fingerprint density at radius 3 is 2.40 bits per heavy atom. The minimum absolute atomic E-state index is 0.119. The van der Waals surface area contributed by atoms with E-state index in [1.807, 2.05) is 6.07 Å². The maximum Gasteiger partial charge on any atom is 0.342 e. The molecule has 4 aliphatic heterocycles. The summed E-state index contributed by atoms with van der Waals surface area (Å²) < 4.78 is 50.4. The summed E-state index contributed by atoms with van der Waals surface area (Å²) in [4.78, 5) is 65.4. The zero-order valence-corrected chi connectivity index (χ0v) is 35.8. The standard InChI is InChI=1S/C45H56F3N9O5/c1-27(2)57-26-45(47,48)42(61)54(3)36-24-50-43(53-39(36)57)51-34-8-5-31(20-37(34)62-4)40(59)49-23-29-21-44(22-29)13-17-55(18-14-44)25-28-11-15-56(16-12-28)35-9-6-30(19-33(35)46)32-7-10-38(58)52-41(32)60/h5-6,8-9,19-20,24,27-29,32H,7,10-18,21-23,25-26H2,1-4H3,(H,49,59)(H,50,51,53)(H,52,58,60). The number of fused-ring (bicyclic) bond motifs is 1. The van der Waals surface area contributed by atoms with Gasteiger partial charge in [0.2, 0.25) is 17.8 Å². The Labute approximate surface area is 359 Å². The third-order valence-corrected chi connectivity index (χ3v) is 13.7. The normalized spacial score (nSPS) is 22.0. The van der Waals surface area contributed by atoms with Gasteiger partial charge in [-0.3, -0.25) is 24.5 Å². The summed E-state index contributed by atoms with van der Waals surface area (Å²) in [5, 5.41) is 8.55. The van der Waals surface area contributed by atoms with E-state index in [9.17, 15) is 28.0 Å². The van der Waals surface area contributed by atoms with Crippen LogP contribution in [0.3, 0.4) is 0 Å². The van der Waals surface area contributed by atoms with E-state index in [4.69, 9.17) is 4.74 Å². The van der Waals surface area contributed by atoms with Gasteiger partial charge in [0, 0.05) is 51.3 Å². The highest BCUT2D eigenvalue weighted by Gasteiger charge is 2.48. The Hall–Kier alpha value is -5.45. The van der Waals surface area contributed by atoms with E-state index < -0.39 is 24.3 Å². The van der Waals surface area contributed by atoms with Crippen molar-refractivity contribution >= 4 is 52.5 Å². The minimum Gasteiger partial charge on any atom is -0.495 e. The Bertz CT molecular complexity index is 2200. The van der Waals surface area contributed by atoms with Crippen molar-refractivity contribution in [2.45, 2.75) is 83.1 Å². The number of hydrogen-bond acceptors (Lipinski definition) is 11. The summed E-state index contributed by atoms with van der Waals surface area (Å²) >= 11 is 0. The second-order valence-corrected chi connectivity index (χ2v) is 18.2. The molecule has 0 bridgehead atoms. The average Bonchev–Trinajstić information content (AvgIpc) is 3.31. The predicted octanol–water partition coefficient (Wildman–Crippen LogP) is 5.85. The Balaban J connectivity index is 0.773. The first-order chi connectivity index (χ1) is 29.6. The number of carbonyl (C=O) groups is 4. The first-order valence-electron chi connectivity index (χ1n) is 21.8. The van der Waals surface area contributed by atoms with Crippen LogP contribution in [-0.2, 0) is 14.4 Å². The number of anilines is 5. The molecule has 5 aliphatic rings. The van der Waals surface area contributed by atoms with Crippen LogP contribution in [0.1, 0.15) is 87.1 Å². The van der Waals surface area contributed by atoms with Crippen molar-refractivity contribution in [1.29, 1.82) is 0 Å². The van der Waals surface area contributed by atoms with Crippen LogP contribution in [0.5, 0.6) is 5.75 Å². The van der Waals surface area contributed by atoms with Crippen LogP contribution < -0.4 is 35.4 Å². The lowest BCUT2D eigenvalue weighted by molar-refractivity contribution is -0.140. The summed E-state index contributed by atoms with van der Waals surface area (Å²) in [5.41, 5.74) is 2.60. The molecule has 332 valence electrons. The number of nitrogens with zero attached hydrogens (tertiary/aromatic N) is 6. The number of alkyl halides is 2. The van der Waals surface area contributed by atoms with Crippen molar-refractivity contribution in [3.8, 4) is 5.75 Å². The van der Waals surface area contributed by atoms with Crippen molar-refractivity contribution in [1.82, 2.24) is 25.5 Å². The predicted molar refractivity (Wildman–Crippen MR) is 229 cm³/mol. The molecule has 5 heterocycles. The number of hydrogen-bond donors (Lipinski definition) is 3. The highest BCUT2D eigenvalue weighted by atomic mass is 19.3. The number of piperidine rings is 3. The molecular formula is C45H56F3N9O5. The van der Waals surface area contributed by atoms with E-state index in [2.05, 4.69) is 35.7 Å². The van der Waals surface area contributed by atoms with Gasteiger partial charge in [-0.1, -0.05) is 6.07 Å². The monoisotopic (exact) mass is 859 g/mol. The fourth-order valence-corrected chi connectivity index (χ4v) is 10.1. The van der Waals surface area contributed by atoms with Gasteiger partial charge in [0.15, 0.2) is 5.82 Å². The third-order valence-electron chi connectivity index (χ3n) is 13.7. The van der Waals surface area contributed by atoms with E-state index in [-0.39, 0.29) is 53.5 Å².